The number of hydrogen-bond donors (Lipinski definition) is 1. The zero-order chi connectivity index (χ0) is 12.6. The van der Waals surface area contributed by atoms with E-state index in [0.29, 0.717) is 11.3 Å². The van der Waals surface area contributed by atoms with Gasteiger partial charge in [-0.2, -0.15) is 0 Å². The summed E-state index contributed by atoms with van der Waals surface area (Å²) in [7, 11) is -1.92. The van der Waals surface area contributed by atoms with Crippen molar-refractivity contribution in [2.45, 2.75) is 24.3 Å². The fourth-order valence-corrected chi connectivity index (χ4v) is 2.81. The average Bonchev–Trinajstić information content (AvgIpc) is 2.13. The smallest absolute Gasteiger partial charge is 0.179 e. The molecule has 4 nitrogen and oxygen atoms in total. The monoisotopic (exact) mass is 243 g/mol. The van der Waals surface area contributed by atoms with Gasteiger partial charge in [-0.3, -0.25) is 0 Å². The summed E-state index contributed by atoms with van der Waals surface area (Å²) < 4.78 is 28.6. The summed E-state index contributed by atoms with van der Waals surface area (Å²) >= 11 is 0. The van der Waals surface area contributed by atoms with Crippen molar-refractivity contribution < 1.29 is 13.2 Å². The largest absolute Gasteiger partial charge is 0.495 e. The molecular formula is C11H17NO3S. The maximum absolute atomic E-state index is 11.7. The van der Waals surface area contributed by atoms with Gasteiger partial charge in [0.1, 0.15) is 10.6 Å². The molecule has 16 heavy (non-hydrogen) atoms. The molecule has 90 valence electrons. The third kappa shape index (κ3) is 2.54. The highest BCUT2D eigenvalue weighted by atomic mass is 32.2. The second-order valence-corrected chi connectivity index (χ2v) is 6.28. The first kappa shape index (κ1) is 13.0. The van der Waals surface area contributed by atoms with E-state index in [2.05, 4.69) is 0 Å². The molecule has 0 unspecified atom stereocenters. The maximum atomic E-state index is 11.7. The van der Waals surface area contributed by atoms with E-state index < -0.39 is 15.4 Å². The van der Waals surface area contributed by atoms with Gasteiger partial charge >= 0.3 is 0 Å². The molecule has 0 saturated carbocycles. The number of ether oxygens (including phenoxy) is 1. The Hall–Kier alpha value is -1.07. The summed E-state index contributed by atoms with van der Waals surface area (Å²) in [6.07, 6.45) is 1.15. The first-order valence-corrected chi connectivity index (χ1v) is 6.73. The summed E-state index contributed by atoms with van der Waals surface area (Å²) in [6, 6.07) is 5.06. The second kappa shape index (κ2) is 4.07. The number of benzene rings is 1. The minimum atomic E-state index is -3.36. The molecule has 1 aromatic rings. The molecule has 0 heterocycles. The van der Waals surface area contributed by atoms with Gasteiger partial charge in [0.2, 0.25) is 0 Å². The van der Waals surface area contributed by atoms with E-state index in [1.54, 1.807) is 32.0 Å². The molecule has 0 amide bonds. The number of nitrogens with two attached hydrogens (primary N) is 1. The fourth-order valence-electron chi connectivity index (χ4n) is 1.57. The lowest BCUT2D eigenvalue weighted by Gasteiger charge is -2.23. The highest BCUT2D eigenvalue weighted by Crippen LogP contribution is 2.32. The van der Waals surface area contributed by atoms with Crippen LogP contribution in [-0.2, 0) is 15.4 Å². The van der Waals surface area contributed by atoms with Crippen molar-refractivity contribution in [2.75, 3.05) is 13.4 Å². The van der Waals surface area contributed by atoms with Gasteiger partial charge in [0.25, 0.3) is 0 Å². The van der Waals surface area contributed by atoms with Crippen molar-refractivity contribution in [3.05, 3.63) is 23.8 Å². The molecule has 1 rings (SSSR count). The standard InChI is InChI=1S/C11H17NO3S/c1-11(2,12)8-6-5-7-9(15-3)10(8)16(4,13)14/h5-7H,12H2,1-4H3. The van der Waals surface area contributed by atoms with Crippen LogP contribution in [0.4, 0.5) is 0 Å². The molecule has 0 fully saturated rings. The summed E-state index contributed by atoms with van der Waals surface area (Å²) in [4.78, 5) is 0.171. The molecular weight excluding hydrogens is 226 g/mol. The van der Waals surface area contributed by atoms with Gasteiger partial charge in [0, 0.05) is 11.8 Å². The van der Waals surface area contributed by atoms with Gasteiger partial charge < -0.3 is 10.5 Å². The molecule has 0 atom stereocenters. The van der Waals surface area contributed by atoms with Crippen LogP contribution in [0.2, 0.25) is 0 Å². The third-order valence-corrected chi connectivity index (χ3v) is 3.43. The van der Waals surface area contributed by atoms with Gasteiger partial charge in [-0.05, 0) is 25.5 Å². The van der Waals surface area contributed by atoms with Crippen molar-refractivity contribution in [2.24, 2.45) is 5.73 Å². The lowest BCUT2D eigenvalue weighted by molar-refractivity contribution is 0.397. The van der Waals surface area contributed by atoms with E-state index in [1.165, 1.54) is 7.11 Å². The Morgan fingerprint density at radius 1 is 1.31 bits per heavy atom. The van der Waals surface area contributed by atoms with Gasteiger partial charge in [-0.1, -0.05) is 12.1 Å². The van der Waals surface area contributed by atoms with E-state index in [0.717, 1.165) is 6.26 Å². The topological polar surface area (TPSA) is 69.4 Å². The molecule has 0 aromatic heterocycles. The fraction of sp³-hybridized carbons (Fsp3) is 0.455. The lowest BCUT2D eigenvalue weighted by Crippen LogP contribution is -2.30. The van der Waals surface area contributed by atoms with Crippen LogP contribution in [0.25, 0.3) is 0 Å². The van der Waals surface area contributed by atoms with Gasteiger partial charge in [-0.25, -0.2) is 8.42 Å². The van der Waals surface area contributed by atoms with Crippen LogP contribution >= 0.6 is 0 Å². The quantitative estimate of drug-likeness (QED) is 0.868. The van der Waals surface area contributed by atoms with Crippen LogP contribution in [0.15, 0.2) is 23.1 Å². The van der Waals surface area contributed by atoms with Crippen LogP contribution in [0.3, 0.4) is 0 Å². The summed E-state index contributed by atoms with van der Waals surface area (Å²) in [5, 5.41) is 0. The van der Waals surface area contributed by atoms with Crippen LogP contribution in [0, 0.1) is 0 Å². The molecule has 0 aliphatic rings. The molecule has 1 aromatic carbocycles. The van der Waals surface area contributed by atoms with E-state index in [1.807, 2.05) is 0 Å². The molecule has 5 heteroatoms. The normalized spacial score (nSPS) is 12.6. The first-order chi connectivity index (χ1) is 7.18. The number of sulfone groups is 1. The average molecular weight is 243 g/mol. The highest BCUT2D eigenvalue weighted by Gasteiger charge is 2.26. The number of methoxy groups -OCH3 is 1. The lowest BCUT2D eigenvalue weighted by atomic mass is 9.95. The number of hydrogen-bond acceptors (Lipinski definition) is 4. The molecule has 2 N–H and O–H groups in total. The Bertz CT molecular complexity index is 486. The maximum Gasteiger partial charge on any atom is 0.179 e. The van der Waals surface area contributed by atoms with Crippen molar-refractivity contribution in [3.8, 4) is 5.75 Å². The summed E-state index contributed by atoms with van der Waals surface area (Å²) in [6.45, 7) is 3.52. The predicted molar refractivity (Wildman–Crippen MR) is 63.3 cm³/mol. The van der Waals surface area contributed by atoms with Gasteiger partial charge in [0.15, 0.2) is 9.84 Å². The van der Waals surface area contributed by atoms with E-state index in [4.69, 9.17) is 10.5 Å². The minimum absolute atomic E-state index is 0.171. The van der Waals surface area contributed by atoms with E-state index in [-0.39, 0.29) is 4.90 Å². The Morgan fingerprint density at radius 3 is 2.25 bits per heavy atom. The number of rotatable bonds is 3. The van der Waals surface area contributed by atoms with Crippen LogP contribution in [0.5, 0.6) is 5.75 Å². The van der Waals surface area contributed by atoms with Crippen molar-refractivity contribution in [1.82, 2.24) is 0 Å². The Balaban J connectivity index is 3.65. The minimum Gasteiger partial charge on any atom is -0.495 e. The van der Waals surface area contributed by atoms with Crippen LogP contribution < -0.4 is 10.5 Å². The molecule has 0 saturated heterocycles. The Kier molecular flexibility index (Phi) is 3.30. The zero-order valence-electron chi connectivity index (χ0n) is 9.94. The molecule has 0 radical (unpaired) electrons. The SMILES string of the molecule is COc1cccc(C(C)(C)N)c1S(C)(=O)=O. The molecule has 0 aliphatic carbocycles. The third-order valence-electron chi connectivity index (χ3n) is 2.26. The zero-order valence-corrected chi connectivity index (χ0v) is 10.8. The second-order valence-electron chi connectivity index (χ2n) is 4.33. The first-order valence-electron chi connectivity index (χ1n) is 4.84. The van der Waals surface area contributed by atoms with Gasteiger partial charge in [0.05, 0.1) is 7.11 Å². The van der Waals surface area contributed by atoms with Crippen molar-refractivity contribution in [3.63, 3.8) is 0 Å². The van der Waals surface area contributed by atoms with Gasteiger partial charge in [-0.15, -0.1) is 0 Å². The molecule has 0 bridgehead atoms. The summed E-state index contributed by atoms with van der Waals surface area (Å²) in [5.74, 6) is 0.332. The Labute approximate surface area is 96.3 Å². The van der Waals surface area contributed by atoms with Crippen LogP contribution in [-0.4, -0.2) is 21.8 Å². The van der Waals surface area contributed by atoms with E-state index >= 15 is 0 Å². The predicted octanol–water partition coefficient (Wildman–Crippen LogP) is 1.29. The molecule has 0 spiro atoms. The summed E-state index contributed by atoms with van der Waals surface area (Å²) in [5.41, 5.74) is 5.79. The van der Waals surface area contributed by atoms with Crippen molar-refractivity contribution >= 4 is 9.84 Å². The van der Waals surface area contributed by atoms with E-state index in [9.17, 15) is 8.42 Å². The highest BCUT2D eigenvalue weighted by molar-refractivity contribution is 7.90. The Morgan fingerprint density at radius 2 is 1.88 bits per heavy atom. The van der Waals surface area contributed by atoms with Crippen LogP contribution in [0.1, 0.15) is 19.4 Å². The molecule has 0 aliphatic heterocycles. The van der Waals surface area contributed by atoms with Crippen molar-refractivity contribution in [1.29, 1.82) is 0 Å².